The Bertz CT molecular complexity index is 721. The average Bonchev–Trinajstić information content (AvgIpc) is 2.53. The van der Waals surface area contributed by atoms with Gasteiger partial charge >= 0.3 is 0 Å². The highest BCUT2D eigenvalue weighted by molar-refractivity contribution is 7.83. The first kappa shape index (κ1) is 18.1. The van der Waals surface area contributed by atoms with E-state index in [9.17, 15) is 13.4 Å². The molecule has 1 atom stereocenters. The maximum atomic E-state index is 13.4. The molecule has 0 spiro atoms. The lowest BCUT2D eigenvalue weighted by Crippen LogP contribution is -2.13. The number of benzene rings is 2. The van der Waals surface area contributed by atoms with Gasteiger partial charge in [-0.05, 0) is 36.2 Å². The summed E-state index contributed by atoms with van der Waals surface area (Å²) in [7, 11) is -0.924. The molecule has 0 radical (unpaired) electrons. The summed E-state index contributed by atoms with van der Waals surface area (Å²) in [6.45, 7) is 0.267. The summed E-state index contributed by atoms with van der Waals surface area (Å²) in [4.78, 5) is 11.9. The van der Waals surface area contributed by atoms with Crippen LogP contribution in [0.4, 0.5) is 10.1 Å². The molecule has 1 unspecified atom stereocenters. The summed E-state index contributed by atoms with van der Waals surface area (Å²) < 4.78 is 29.9. The van der Waals surface area contributed by atoms with Gasteiger partial charge in [0.15, 0.2) is 11.6 Å². The zero-order valence-electron chi connectivity index (χ0n) is 13.5. The molecule has 0 aliphatic heterocycles. The van der Waals surface area contributed by atoms with Gasteiger partial charge in [0.2, 0.25) is 5.91 Å². The van der Waals surface area contributed by atoms with E-state index in [-0.39, 0.29) is 24.7 Å². The highest BCUT2D eigenvalue weighted by Gasteiger charge is 2.05. The van der Waals surface area contributed by atoms with E-state index in [1.54, 1.807) is 30.5 Å². The van der Waals surface area contributed by atoms with E-state index >= 15 is 0 Å². The maximum Gasteiger partial charge on any atom is 0.224 e. The van der Waals surface area contributed by atoms with Gasteiger partial charge < -0.3 is 10.1 Å². The molecular weight excluding hydrogens is 329 g/mol. The van der Waals surface area contributed by atoms with Crippen LogP contribution in [0.2, 0.25) is 0 Å². The van der Waals surface area contributed by atoms with Crippen LogP contribution in [-0.2, 0) is 21.3 Å². The first-order valence-corrected chi connectivity index (χ1v) is 9.33. The number of carbonyl (C=O) groups excluding carboxylic acids is 1. The first-order valence-electron chi connectivity index (χ1n) is 7.61. The fraction of sp³-hybridized carbons (Fsp3) is 0.278. The predicted molar refractivity (Wildman–Crippen MR) is 94.0 cm³/mol. The fourth-order valence-electron chi connectivity index (χ4n) is 2.17. The van der Waals surface area contributed by atoms with E-state index in [0.717, 1.165) is 5.56 Å². The van der Waals surface area contributed by atoms with Crippen molar-refractivity contribution in [3.63, 3.8) is 0 Å². The summed E-state index contributed by atoms with van der Waals surface area (Å²) in [6.07, 6.45) is 2.40. The van der Waals surface area contributed by atoms with Gasteiger partial charge in [-0.3, -0.25) is 9.00 Å². The minimum absolute atomic E-state index is 0.137. The summed E-state index contributed by atoms with van der Waals surface area (Å²) in [5.74, 6) is 0.104. The zero-order valence-corrected chi connectivity index (χ0v) is 14.3. The summed E-state index contributed by atoms with van der Waals surface area (Å²) in [6, 6.07) is 13.5. The van der Waals surface area contributed by atoms with Crippen LogP contribution in [-0.4, -0.2) is 23.0 Å². The van der Waals surface area contributed by atoms with Crippen LogP contribution in [0.1, 0.15) is 18.4 Å². The molecule has 0 saturated carbocycles. The Kier molecular flexibility index (Phi) is 6.93. The smallest absolute Gasteiger partial charge is 0.224 e. The topological polar surface area (TPSA) is 55.4 Å². The van der Waals surface area contributed by atoms with Crippen LogP contribution in [0.3, 0.4) is 0 Å². The van der Waals surface area contributed by atoms with E-state index in [4.69, 9.17) is 4.74 Å². The Balaban J connectivity index is 1.75. The van der Waals surface area contributed by atoms with Crippen molar-refractivity contribution >= 4 is 22.4 Å². The largest absolute Gasteiger partial charge is 0.491 e. The van der Waals surface area contributed by atoms with E-state index in [2.05, 4.69) is 5.32 Å². The SMILES string of the molecule is CS(=O)Cc1cccc(NC(=O)CCCOc2ccccc2F)c1. The second kappa shape index (κ2) is 9.17. The number of anilines is 1. The monoisotopic (exact) mass is 349 g/mol. The third kappa shape index (κ3) is 6.12. The Morgan fingerprint density at radius 2 is 2.00 bits per heavy atom. The Hall–Kier alpha value is -2.21. The van der Waals surface area contributed by atoms with Crippen LogP contribution < -0.4 is 10.1 Å². The second-order valence-corrected chi connectivity index (χ2v) is 6.78. The van der Waals surface area contributed by atoms with Crippen LogP contribution in [0, 0.1) is 5.82 Å². The van der Waals surface area contributed by atoms with Crippen LogP contribution in [0.15, 0.2) is 48.5 Å². The van der Waals surface area contributed by atoms with Crippen molar-refractivity contribution in [1.29, 1.82) is 0 Å². The van der Waals surface area contributed by atoms with E-state index in [1.807, 2.05) is 18.2 Å². The molecule has 128 valence electrons. The van der Waals surface area contributed by atoms with Crippen molar-refractivity contribution in [2.75, 3.05) is 18.2 Å². The van der Waals surface area contributed by atoms with Crippen LogP contribution >= 0.6 is 0 Å². The van der Waals surface area contributed by atoms with Crippen molar-refractivity contribution in [2.45, 2.75) is 18.6 Å². The summed E-state index contributed by atoms with van der Waals surface area (Å²) in [5.41, 5.74) is 1.59. The lowest BCUT2D eigenvalue weighted by molar-refractivity contribution is -0.116. The number of amides is 1. The van der Waals surface area contributed by atoms with Crippen molar-refractivity contribution in [3.05, 3.63) is 59.9 Å². The molecule has 2 rings (SSSR count). The van der Waals surface area contributed by atoms with E-state index in [0.29, 0.717) is 17.9 Å². The Morgan fingerprint density at radius 3 is 2.75 bits per heavy atom. The molecule has 0 aliphatic carbocycles. The van der Waals surface area contributed by atoms with Gasteiger partial charge in [0.1, 0.15) is 0 Å². The molecule has 24 heavy (non-hydrogen) atoms. The number of hydrogen-bond donors (Lipinski definition) is 1. The molecule has 6 heteroatoms. The van der Waals surface area contributed by atoms with Crippen LogP contribution in [0.25, 0.3) is 0 Å². The first-order chi connectivity index (χ1) is 11.5. The second-order valence-electron chi connectivity index (χ2n) is 5.35. The average molecular weight is 349 g/mol. The number of rotatable bonds is 8. The molecular formula is C18H20FNO3S. The van der Waals surface area contributed by atoms with Crippen molar-refractivity contribution in [3.8, 4) is 5.75 Å². The van der Waals surface area contributed by atoms with E-state index in [1.165, 1.54) is 6.07 Å². The number of para-hydroxylation sites is 1. The van der Waals surface area contributed by atoms with Crippen molar-refractivity contribution in [2.24, 2.45) is 0 Å². The third-order valence-corrected chi connectivity index (χ3v) is 3.96. The summed E-state index contributed by atoms with van der Waals surface area (Å²) in [5, 5.41) is 2.80. The van der Waals surface area contributed by atoms with E-state index < -0.39 is 16.6 Å². The molecule has 0 saturated heterocycles. The lowest BCUT2D eigenvalue weighted by atomic mass is 10.2. The minimum Gasteiger partial charge on any atom is -0.491 e. The molecule has 0 fully saturated rings. The highest BCUT2D eigenvalue weighted by atomic mass is 32.2. The standard InChI is InChI=1S/C18H20FNO3S/c1-24(22)13-14-6-4-7-15(12-14)20-18(21)10-5-11-23-17-9-3-2-8-16(17)19/h2-4,6-9,12H,5,10-11,13H2,1H3,(H,20,21). The number of nitrogens with one attached hydrogen (secondary N) is 1. The van der Waals surface area contributed by atoms with Gasteiger partial charge in [-0.15, -0.1) is 0 Å². The molecule has 0 aliphatic rings. The maximum absolute atomic E-state index is 13.4. The van der Waals surface area contributed by atoms with Gasteiger partial charge in [-0.25, -0.2) is 4.39 Å². The summed E-state index contributed by atoms with van der Waals surface area (Å²) >= 11 is 0. The quantitative estimate of drug-likeness (QED) is 0.742. The predicted octanol–water partition coefficient (Wildman–Crippen LogP) is 3.50. The molecule has 4 nitrogen and oxygen atoms in total. The van der Waals surface area contributed by atoms with Crippen LogP contribution in [0.5, 0.6) is 5.75 Å². The minimum atomic E-state index is -0.924. The number of halogens is 1. The molecule has 0 aromatic heterocycles. The normalized spacial score (nSPS) is 11.8. The molecule has 0 heterocycles. The zero-order chi connectivity index (χ0) is 17.4. The number of hydrogen-bond acceptors (Lipinski definition) is 3. The van der Waals surface area contributed by atoms with Gasteiger partial charge in [0, 0.05) is 34.9 Å². The number of carbonyl (C=O) groups is 1. The third-order valence-electron chi connectivity index (χ3n) is 3.22. The van der Waals surface area contributed by atoms with Crippen molar-refractivity contribution < 1.29 is 18.1 Å². The Morgan fingerprint density at radius 1 is 1.21 bits per heavy atom. The van der Waals surface area contributed by atoms with Gasteiger partial charge in [0.05, 0.1) is 6.61 Å². The van der Waals surface area contributed by atoms with Gasteiger partial charge in [0.25, 0.3) is 0 Å². The molecule has 0 bridgehead atoms. The molecule has 1 amide bonds. The Labute approximate surface area is 143 Å². The highest BCUT2D eigenvalue weighted by Crippen LogP contribution is 2.16. The number of ether oxygens (including phenoxy) is 1. The fourth-order valence-corrected chi connectivity index (χ4v) is 2.82. The molecule has 2 aromatic rings. The van der Waals surface area contributed by atoms with Gasteiger partial charge in [-0.2, -0.15) is 0 Å². The lowest BCUT2D eigenvalue weighted by Gasteiger charge is -2.08. The van der Waals surface area contributed by atoms with Gasteiger partial charge in [-0.1, -0.05) is 24.3 Å². The molecule has 1 N–H and O–H groups in total. The van der Waals surface area contributed by atoms with Crippen molar-refractivity contribution in [1.82, 2.24) is 0 Å². The molecule has 2 aromatic carbocycles.